The van der Waals surface area contributed by atoms with Gasteiger partial charge in [-0.2, -0.15) is 0 Å². The van der Waals surface area contributed by atoms with Crippen LogP contribution in [0, 0.1) is 13.8 Å². The van der Waals surface area contributed by atoms with Crippen LogP contribution >= 0.6 is 11.6 Å². The van der Waals surface area contributed by atoms with Crippen molar-refractivity contribution < 1.29 is 14.3 Å². The normalized spacial score (nSPS) is 10.3. The predicted octanol–water partition coefficient (Wildman–Crippen LogP) is 4.32. The Balaban J connectivity index is 2.08. The first-order chi connectivity index (χ1) is 10.0. The van der Waals surface area contributed by atoms with Crippen LogP contribution in [0.25, 0.3) is 0 Å². The Kier molecular flexibility index (Phi) is 4.86. The number of hydrogen-bond donors (Lipinski definition) is 0. The fraction of sp³-hybridized carbons (Fsp3) is 0.235. The second-order valence-electron chi connectivity index (χ2n) is 4.85. The van der Waals surface area contributed by atoms with Crippen LogP contribution in [0.4, 0.5) is 0 Å². The van der Waals surface area contributed by atoms with Gasteiger partial charge in [-0.3, -0.25) is 0 Å². The molecule has 0 aliphatic carbocycles. The van der Waals surface area contributed by atoms with Gasteiger partial charge in [-0.05, 0) is 54.8 Å². The monoisotopic (exact) mass is 304 g/mol. The molecule has 0 unspecified atom stereocenters. The minimum atomic E-state index is -0.341. The fourth-order valence-corrected chi connectivity index (χ4v) is 2.46. The van der Waals surface area contributed by atoms with E-state index in [9.17, 15) is 4.79 Å². The maximum absolute atomic E-state index is 11.4. The molecule has 0 spiro atoms. The molecule has 0 heterocycles. The third-order valence-corrected chi connectivity index (χ3v) is 3.40. The summed E-state index contributed by atoms with van der Waals surface area (Å²) in [5, 5.41) is 0.708. The molecule has 2 aromatic carbocycles. The standard InChI is InChI=1S/C17H17ClO3/c1-11-8-15(18)9-12(2)16(11)21-10-13-4-6-14(7-5-13)17(19)20-3/h4-9H,10H2,1-3H3. The van der Waals surface area contributed by atoms with E-state index in [0.29, 0.717) is 17.2 Å². The molecule has 0 aliphatic rings. The highest BCUT2D eigenvalue weighted by atomic mass is 35.5. The Morgan fingerprint density at radius 3 is 2.19 bits per heavy atom. The van der Waals surface area contributed by atoms with Gasteiger partial charge in [0.2, 0.25) is 0 Å². The molecule has 4 heteroatoms. The summed E-state index contributed by atoms with van der Waals surface area (Å²) >= 11 is 6.00. The quantitative estimate of drug-likeness (QED) is 0.789. The van der Waals surface area contributed by atoms with Crippen molar-refractivity contribution in [1.29, 1.82) is 0 Å². The molecule has 0 aliphatic heterocycles. The number of esters is 1. The van der Waals surface area contributed by atoms with Gasteiger partial charge in [0.1, 0.15) is 12.4 Å². The molecule has 0 bridgehead atoms. The van der Waals surface area contributed by atoms with Gasteiger partial charge in [0.15, 0.2) is 0 Å². The first kappa shape index (κ1) is 15.4. The number of carbonyl (C=O) groups is 1. The van der Waals surface area contributed by atoms with E-state index in [1.54, 1.807) is 12.1 Å². The summed E-state index contributed by atoms with van der Waals surface area (Å²) in [6.45, 7) is 4.37. The first-order valence-electron chi connectivity index (χ1n) is 6.58. The smallest absolute Gasteiger partial charge is 0.337 e. The van der Waals surface area contributed by atoms with Crippen molar-refractivity contribution in [2.45, 2.75) is 20.5 Å². The van der Waals surface area contributed by atoms with Crippen LogP contribution < -0.4 is 4.74 Å². The van der Waals surface area contributed by atoms with E-state index in [1.807, 2.05) is 38.1 Å². The van der Waals surface area contributed by atoms with Crippen LogP contribution in [0.15, 0.2) is 36.4 Å². The summed E-state index contributed by atoms with van der Waals surface area (Å²) in [4.78, 5) is 11.4. The number of carbonyl (C=O) groups excluding carboxylic acids is 1. The van der Waals surface area contributed by atoms with Crippen molar-refractivity contribution in [3.05, 3.63) is 63.7 Å². The van der Waals surface area contributed by atoms with Crippen LogP contribution in [0.1, 0.15) is 27.0 Å². The molecular formula is C17H17ClO3. The molecule has 2 rings (SSSR count). The molecule has 0 saturated heterocycles. The Labute approximate surface area is 129 Å². The summed E-state index contributed by atoms with van der Waals surface area (Å²) < 4.78 is 10.5. The van der Waals surface area contributed by atoms with Crippen molar-refractivity contribution in [3.8, 4) is 5.75 Å². The van der Waals surface area contributed by atoms with E-state index < -0.39 is 0 Å². The first-order valence-corrected chi connectivity index (χ1v) is 6.96. The highest BCUT2D eigenvalue weighted by molar-refractivity contribution is 6.30. The SMILES string of the molecule is COC(=O)c1ccc(COc2c(C)cc(Cl)cc2C)cc1. The zero-order valence-corrected chi connectivity index (χ0v) is 13.0. The average molecular weight is 305 g/mol. The van der Waals surface area contributed by atoms with E-state index in [4.69, 9.17) is 16.3 Å². The Morgan fingerprint density at radius 1 is 1.10 bits per heavy atom. The average Bonchev–Trinajstić information content (AvgIpc) is 2.46. The van der Waals surface area contributed by atoms with E-state index >= 15 is 0 Å². The van der Waals surface area contributed by atoms with E-state index in [0.717, 1.165) is 22.4 Å². The Morgan fingerprint density at radius 2 is 1.67 bits per heavy atom. The Bertz CT molecular complexity index is 625. The van der Waals surface area contributed by atoms with Crippen LogP contribution in [-0.2, 0) is 11.3 Å². The third kappa shape index (κ3) is 3.76. The molecule has 0 atom stereocenters. The molecule has 0 aromatic heterocycles. The molecule has 0 N–H and O–H groups in total. The topological polar surface area (TPSA) is 35.5 Å². The van der Waals surface area contributed by atoms with Crippen molar-refractivity contribution in [2.24, 2.45) is 0 Å². The fourth-order valence-electron chi connectivity index (χ4n) is 2.14. The minimum Gasteiger partial charge on any atom is -0.488 e. The van der Waals surface area contributed by atoms with Crippen LogP contribution in [-0.4, -0.2) is 13.1 Å². The molecule has 0 saturated carbocycles. The van der Waals surface area contributed by atoms with Gasteiger partial charge in [-0.15, -0.1) is 0 Å². The number of benzene rings is 2. The predicted molar refractivity (Wildman–Crippen MR) is 83.0 cm³/mol. The zero-order chi connectivity index (χ0) is 15.4. The molecule has 2 aromatic rings. The highest BCUT2D eigenvalue weighted by Crippen LogP contribution is 2.27. The summed E-state index contributed by atoms with van der Waals surface area (Å²) in [5.74, 6) is 0.503. The lowest BCUT2D eigenvalue weighted by Gasteiger charge is -2.13. The number of halogens is 1. The van der Waals surface area contributed by atoms with E-state index in [1.165, 1.54) is 7.11 Å². The number of methoxy groups -OCH3 is 1. The lowest BCUT2D eigenvalue weighted by atomic mass is 10.1. The number of rotatable bonds is 4. The number of hydrogen-bond acceptors (Lipinski definition) is 3. The lowest BCUT2D eigenvalue weighted by Crippen LogP contribution is -2.02. The number of aryl methyl sites for hydroxylation is 2. The van der Waals surface area contributed by atoms with Crippen molar-refractivity contribution in [2.75, 3.05) is 7.11 Å². The van der Waals surface area contributed by atoms with Crippen LogP contribution in [0.5, 0.6) is 5.75 Å². The largest absolute Gasteiger partial charge is 0.488 e. The summed E-state index contributed by atoms with van der Waals surface area (Å²) in [5.41, 5.74) is 3.52. The maximum atomic E-state index is 11.4. The van der Waals surface area contributed by atoms with Crippen molar-refractivity contribution in [1.82, 2.24) is 0 Å². The third-order valence-electron chi connectivity index (χ3n) is 3.18. The van der Waals surface area contributed by atoms with Gasteiger partial charge in [-0.25, -0.2) is 4.79 Å². The molecule has 3 nitrogen and oxygen atoms in total. The Hall–Kier alpha value is -2.00. The highest BCUT2D eigenvalue weighted by Gasteiger charge is 2.07. The van der Waals surface area contributed by atoms with Crippen LogP contribution in [0.2, 0.25) is 5.02 Å². The van der Waals surface area contributed by atoms with Gasteiger partial charge in [0, 0.05) is 5.02 Å². The summed E-state index contributed by atoms with van der Waals surface area (Å²) in [7, 11) is 1.37. The molecule has 21 heavy (non-hydrogen) atoms. The van der Waals surface area contributed by atoms with Crippen molar-refractivity contribution >= 4 is 17.6 Å². The minimum absolute atomic E-state index is 0.341. The summed E-state index contributed by atoms with van der Waals surface area (Å²) in [6, 6.07) is 10.9. The molecule has 0 radical (unpaired) electrons. The second kappa shape index (κ2) is 6.64. The van der Waals surface area contributed by atoms with E-state index in [2.05, 4.69) is 4.74 Å². The van der Waals surface area contributed by atoms with Gasteiger partial charge in [-0.1, -0.05) is 23.7 Å². The molecular weight excluding hydrogens is 288 g/mol. The van der Waals surface area contributed by atoms with Gasteiger partial charge < -0.3 is 9.47 Å². The summed E-state index contributed by atoms with van der Waals surface area (Å²) in [6.07, 6.45) is 0. The maximum Gasteiger partial charge on any atom is 0.337 e. The van der Waals surface area contributed by atoms with Gasteiger partial charge >= 0.3 is 5.97 Å². The van der Waals surface area contributed by atoms with Gasteiger partial charge in [0.25, 0.3) is 0 Å². The van der Waals surface area contributed by atoms with Gasteiger partial charge in [0.05, 0.1) is 12.7 Å². The lowest BCUT2D eigenvalue weighted by molar-refractivity contribution is 0.0600. The number of ether oxygens (including phenoxy) is 2. The second-order valence-corrected chi connectivity index (χ2v) is 5.28. The molecule has 110 valence electrons. The molecule has 0 amide bonds. The van der Waals surface area contributed by atoms with Crippen LogP contribution in [0.3, 0.4) is 0 Å². The zero-order valence-electron chi connectivity index (χ0n) is 12.3. The molecule has 0 fully saturated rings. The van der Waals surface area contributed by atoms with E-state index in [-0.39, 0.29) is 5.97 Å². The van der Waals surface area contributed by atoms with Crippen molar-refractivity contribution in [3.63, 3.8) is 0 Å².